The van der Waals surface area contributed by atoms with E-state index in [1.165, 1.54) is 13.3 Å². The Morgan fingerprint density at radius 2 is 2.08 bits per heavy atom. The Hall–Kier alpha value is -1.84. The van der Waals surface area contributed by atoms with Crippen molar-refractivity contribution in [3.8, 4) is 0 Å². The predicted octanol–water partition coefficient (Wildman–Crippen LogP) is 1.50. The average molecular weight is 178 g/mol. The quantitative estimate of drug-likeness (QED) is 0.433. The van der Waals surface area contributed by atoms with E-state index in [2.05, 4.69) is 15.1 Å². The van der Waals surface area contributed by atoms with Gasteiger partial charge in [-0.2, -0.15) is 0 Å². The molecule has 4 heteroatoms. The molecule has 13 heavy (non-hydrogen) atoms. The van der Waals surface area contributed by atoms with E-state index in [1.54, 1.807) is 0 Å². The van der Waals surface area contributed by atoms with Crippen molar-refractivity contribution in [2.45, 2.75) is 0 Å². The van der Waals surface area contributed by atoms with Crippen LogP contribution in [-0.4, -0.2) is 24.2 Å². The summed E-state index contributed by atoms with van der Waals surface area (Å²) in [7, 11) is 1.44. The monoisotopic (exact) mass is 178 g/mol. The summed E-state index contributed by atoms with van der Waals surface area (Å²) in [5.41, 5.74) is 1.31. The van der Waals surface area contributed by atoms with Crippen molar-refractivity contribution in [3.05, 3.63) is 35.9 Å². The smallest absolute Gasteiger partial charge is 0.131 e. The highest BCUT2D eigenvalue weighted by atomic mass is 16.6. The van der Waals surface area contributed by atoms with Crippen LogP contribution in [0.25, 0.3) is 0 Å². The molecule has 0 fully saturated rings. The molecule has 0 aliphatic heterocycles. The number of hydrogen-bond donors (Lipinski definition) is 1. The largest absolute Gasteiger partial charge is 0.411 e. The normalized spacial score (nSPS) is 11.9. The molecule has 0 aliphatic carbocycles. The molecule has 1 aromatic rings. The molecule has 0 heterocycles. The van der Waals surface area contributed by atoms with Gasteiger partial charge in [0.05, 0.1) is 6.21 Å². The lowest BCUT2D eigenvalue weighted by molar-refractivity contribution is 0.214. The first-order valence-corrected chi connectivity index (χ1v) is 3.72. The highest BCUT2D eigenvalue weighted by Gasteiger charge is 1.99. The van der Waals surface area contributed by atoms with E-state index in [-0.39, 0.29) is 0 Å². The third-order valence-electron chi connectivity index (χ3n) is 1.44. The zero-order valence-corrected chi connectivity index (χ0v) is 7.21. The summed E-state index contributed by atoms with van der Waals surface area (Å²) in [5.74, 6) is 0. The Balaban J connectivity index is 2.96. The SMILES string of the molecule is CON=C(C=NO)c1ccccc1. The predicted molar refractivity (Wildman–Crippen MR) is 50.3 cm³/mol. The van der Waals surface area contributed by atoms with Crippen LogP contribution in [0.4, 0.5) is 0 Å². The second-order valence-electron chi connectivity index (χ2n) is 2.27. The standard InChI is InChI=1S/C9H10N2O2/c1-13-11-9(7-10-12)8-5-3-2-4-6-8/h2-7,12H,1H3. The summed E-state index contributed by atoms with van der Waals surface area (Å²) in [4.78, 5) is 4.60. The van der Waals surface area contributed by atoms with Crippen molar-refractivity contribution in [1.29, 1.82) is 0 Å². The summed E-state index contributed by atoms with van der Waals surface area (Å²) >= 11 is 0. The fraction of sp³-hybridized carbons (Fsp3) is 0.111. The first-order valence-electron chi connectivity index (χ1n) is 3.72. The lowest BCUT2D eigenvalue weighted by Crippen LogP contribution is -2.02. The van der Waals surface area contributed by atoms with Gasteiger partial charge in [-0.25, -0.2) is 0 Å². The number of rotatable bonds is 3. The van der Waals surface area contributed by atoms with E-state index in [4.69, 9.17) is 5.21 Å². The number of hydrogen-bond acceptors (Lipinski definition) is 4. The molecular formula is C9H10N2O2. The van der Waals surface area contributed by atoms with Crippen molar-refractivity contribution in [3.63, 3.8) is 0 Å². The molecule has 0 amide bonds. The minimum absolute atomic E-state index is 0.477. The van der Waals surface area contributed by atoms with E-state index >= 15 is 0 Å². The summed E-state index contributed by atoms with van der Waals surface area (Å²) in [5, 5.41) is 14.9. The van der Waals surface area contributed by atoms with E-state index < -0.39 is 0 Å². The van der Waals surface area contributed by atoms with Gasteiger partial charge in [-0.05, 0) is 0 Å². The minimum Gasteiger partial charge on any atom is -0.411 e. The van der Waals surface area contributed by atoms with E-state index in [0.717, 1.165) is 5.56 Å². The first kappa shape index (κ1) is 9.25. The molecule has 0 bridgehead atoms. The molecule has 0 radical (unpaired) electrons. The van der Waals surface area contributed by atoms with Crippen LogP contribution in [0, 0.1) is 0 Å². The average Bonchev–Trinajstić information content (AvgIpc) is 2.19. The van der Waals surface area contributed by atoms with Crippen LogP contribution in [0.3, 0.4) is 0 Å². The van der Waals surface area contributed by atoms with Gasteiger partial charge in [-0.1, -0.05) is 40.6 Å². The van der Waals surface area contributed by atoms with E-state index in [9.17, 15) is 0 Å². The van der Waals surface area contributed by atoms with Gasteiger partial charge < -0.3 is 10.0 Å². The van der Waals surface area contributed by atoms with Gasteiger partial charge in [0.1, 0.15) is 12.8 Å². The van der Waals surface area contributed by atoms with Crippen LogP contribution in [0.15, 0.2) is 40.6 Å². The minimum atomic E-state index is 0.477. The van der Waals surface area contributed by atoms with Gasteiger partial charge in [-0.3, -0.25) is 0 Å². The van der Waals surface area contributed by atoms with Crippen LogP contribution in [-0.2, 0) is 4.84 Å². The number of nitrogens with zero attached hydrogens (tertiary/aromatic N) is 2. The van der Waals surface area contributed by atoms with Gasteiger partial charge in [-0.15, -0.1) is 0 Å². The van der Waals surface area contributed by atoms with Crippen molar-refractivity contribution >= 4 is 11.9 Å². The Labute approximate surface area is 76.1 Å². The molecular weight excluding hydrogens is 168 g/mol. The van der Waals surface area contributed by atoms with Gasteiger partial charge >= 0.3 is 0 Å². The summed E-state index contributed by atoms with van der Waals surface area (Å²) in [6.45, 7) is 0. The lowest BCUT2D eigenvalue weighted by Gasteiger charge is -1.97. The Kier molecular flexibility index (Phi) is 3.50. The van der Waals surface area contributed by atoms with Gasteiger partial charge in [0.25, 0.3) is 0 Å². The fourth-order valence-electron chi connectivity index (χ4n) is 0.913. The molecule has 0 atom stereocenters. The van der Waals surface area contributed by atoms with Gasteiger partial charge in [0.2, 0.25) is 0 Å². The Bertz CT molecular complexity index is 307. The first-order chi connectivity index (χ1) is 6.38. The van der Waals surface area contributed by atoms with Gasteiger partial charge in [0.15, 0.2) is 0 Å². The number of benzene rings is 1. The second-order valence-corrected chi connectivity index (χ2v) is 2.27. The van der Waals surface area contributed by atoms with Gasteiger partial charge in [0, 0.05) is 5.56 Å². The summed E-state index contributed by atoms with van der Waals surface area (Å²) in [6, 6.07) is 9.32. The van der Waals surface area contributed by atoms with Crippen LogP contribution in [0.1, 0.15) is 5.56 Å². The van der Waals surface area contributed by atoms with Crippen LogP contribution < -0.4 is 0 Å². The highest BCUT2D eigenvalue weighted by molar-refractivity contribution is 6.37. The third-order valence-corrected chi connectivity index (χ3v) is 1.44. The molecule has 4 nitrogen and oxygen atoms in total. The molecule has 0 unspecified atom stereocenters. The zero-order valence-electron chi connectivity index (χ0n) is 7.21. The highest BCUT2D eigenvalue weighted by Crippen LogP contribution is 1.99. The molecule has 0 aliphatic rings. The zero-order chi connectivity index (χ0) is 9.52. The molecule has 1 N–H and O–H groups in total. The molecule has 1 aromatic carbocycles. The summed E-state index contributed by atoms with van der Waals surface area (Å²) < 4.78 is 0. The van der Waals surface area contributed by atoms with Crippen molar-refractivity contribution in [2.75, 3.05) is 7.11 Å². The molecule has 0 saturated heterocycles. The van der Waals surface area contributed by atoms with Crippen LogP contribution >= 0.6 is 0 Å². The topological polar surface area (TPSA) is 54.2 Å². The molecule has 68 valence electrons. The fourth-order valence-corrected chi connectivity index (χ4v) is 0.913. The van der Waals surface area contributed by atoms with Crippen molar-refractivity contribution < 1.29 is 10.0 Å². The maximum Gasteiger partial charge on any atom is 0.131 e. The maximum atomic E-state index is 8.36. The number of oxime groups is 2. The Morgan fingerprint density at radius 1 is 1.38 bits per heavy atom. The molecule has 0 spiro atoms. The second kappa shape index (κ2) is 4.92. The maximum absolute atomic E-state index is 8.36. The van der Waals surface area contributed by atoms with E-state index in [1.807, 2.05) is 30.3 Å². The molecule has 0 saturated carbocycles. The lowest BCUT2D eigenvalue weighted by atomic mass is 10.1. The molecule has 0 aromatic heterocycles. The molecule has 1 rings (SSSR count). The Morgan fingerprint density at radius 3 is 2.62 bits per heavy atom. The third kappa shape index (κ3) is 2.59. The van der Waals surface area contributed by atoms with Crippen molar-refractivity contribution in [2.24, 2.45) is 10.3 Å². The van der Waals surface area contributed by atoms with E-state index in [0.29, 0.717) is 5.71 Å². The van der Waals surface area contributed by atoms with Crippen LogP contribution in [0.2, 0.25) is 0 Å². The van der Waals surface area contributed by atoms with Crippen LogP contribution in [0.5, 0.6) is 0 Å². The van der Waals surface area contributed by atoms with Crippen molar-refractivity contribution in [1.82, 2.24) is 0 Å². The summed E-state index contributed by atoms with van der Waals surface area (Å²) in [6.07, 6.45) is 1.22.